The number of aliphatic hydroxyl groups excluding tert-OH is 1. The Kier molecular flexibility index (Phi) is 47.5. The molecule has 3 unspecified atom stereocenters. The molecule has 3 atom stereocenters. The summed E-state index contributed by atoms with van der Waals surface area (Å²) in [6, 6.07) is -0.925. The lowest BCUT2D eigenvalue weighted by atomic mass is 10.0. The summed E-state index contributed by atoms with van der Waals surface area (Å²) < 4.78 is 23.3. The predicted octanol–water partition coefficient (Wildman–Crippen LogP) is 16.0. The van der Waals surface area contributed by atoms with Crippen LogP contribution in [0.2, 0.25) is 0 Å². The number of rotatable bonds is 49. The molecule has 0 aliphatic heterocycles. The number of likely N-dealkylation sites (N-methyl/N-ethyl adjacent to an activating group) is 1. The van der Waals surface area contributed by atoms with E-state index in [1.165, 1.54) is 122 Å². The van der Waals surface area contributed by atoms with Gasteiger partial charge in [0.1, 0.15) is 13.2 Å². The lowest BCUT2D eigenvalue weighted by Gasteiger charge is -2.29. The number of carbonyl (C=O) groups excluding carboxylic acids is 1. The fourth-order valence-electron chi connectivity index (χ4n) is 7.49. The monoisotopic (exact) mass is 969 g/mol. The highest BCUT2D eigenvalue weighted by Gasteiger charge is 2.23. The first-order chi connectivity index (χ1) is 33.0. The van der Waals surface area contributed by atoms with Crippen molar-refractivity contribution in [1.29, 1.82) is 0 Å². The number of nitrogens with zero attached hydrogens (tertiary/aromatic N) is 1. The molecule has 2 N–H and O–H groups in total. The number of hydrogen-bond donors (Lipinski definition) is 2. The van der Waals surface area contributed by atoms with Crippen LogP contribution >= 0.6 is 7.82 Å². The number of phosphoric ester groups is 1. The molecule has 0 saturated carbocycles. The Morgan fingerprint density at radius 2 is 0.897 bits per heavy atom. The van der Waals surface area contributed by atoms with Crippen LogP contribution in [0.1, 0.15) is 219 Å². The van der Waals surface area contributed by atoms with Gasteiger partial charge in [0.2, 0.25) is 5.91 Å². The zero-order valence-electron chi connectivity index (χ0n) is 44.5. The summed E-state index contributed by atoms with van der Waals surface area (Å²) in [5, 5.41) is 13.8. The maximum atomic E-state index is 12.9. The maximum absolute atomic E-state index is 12.9. The van der Waals surface area contributed by atoms with Crippen LogP contribution in [0.4, 0.5) is 0 Å². The minimum Gasteiger partial charge on any atom is -0.756 e. The van der Waals surface area contributed by atoms with Crippen molar-refractivity contribution in [3.63, 3.8) is 0 Å². The van der Waals surface area contributed by atoms with Crippen LogP contribution in [-0.4, -0.2) is 68.5 Å². The smallest absolute Gasteiger partial charge is 0.268 e. The highest BCUT2D eigenvalue weighted by molar-refractivity contribution is 7.45. The molecule has 9 heteroatoms. The Morgan fingerprint density at radius 3 is 1.29 bits per heavy atom. The Morgan fingerprint density at radius 1 is 0.529 bits per heavy atom. The lowest BCUT2D eigenvalue weighted by Crippen LogP contribution is -2.45. The van der Waals surface area contributed by atoms with Gasteiger partial charge in [-0.1, -0.05) is 239 Å². The first-order valence-electron chi connectivity index (χ1n) is 27.6. The second-order valence-corrected chi connectivity index (χ2v) is 21.0. The van der Waals surface area contributed by atoms with E-state index >= 15 is 0 Å². The predicted molar refractivity (Wildman–Crippen MR) is 293 cm³/mol. The van der Waals surface area contributed by atoms with Crippen LogP contribution in [0.15, 0.2) is 97.2 Å². The molecule has 0 rings (SSSR count). The van der Waals surface area contributed by atoms with E-state index in [0.29, 0.717) is 17.4 Å². The number of hydrogen-bond acceptors (Lipinski definition) is 6. The zero-order valence-corrected chi connectivity index (χ0v) is 45.4. The Labute approximate surface area is 419 Å². The fourth-order valence-corrected chi connectivity index (χ4v) is 8.22. The van der Waals surface area contributed by atoms with Gasteiger partial charge in [0.15, 0.2) is 0 Å². The molecule has 392 valence electrons. The maximum Gasteiger partial charge on any atom is 0.268 e. The Hall–Kier alpha value is -2.58. The molecular formula is C59H105N2O6P. The SMILES string of the molecule is CC/C=C\C/C=C\C/C=C\C/C=C\C/C=C\C/C=C\C/C=C\CCCC(=O)NC(COP(=O)([O-])OCC[N+](C)(C)C)C(O)/C=C/CCCCCCCCCCCCCCCCCCCCCCC. The molecule has 0 saturated heterocycles. The topological polar surface area (TPSA) is 108 Å². The highest BCUT2D eigenvalue weighted by Crippen LogP contribution is 2.38. The zero-order chi connectivity index (χ0) is 49.9. The number of nitrogens with one attached hydrogen (secondary N) is 1. The number of carbonyl (C=O) groups is 1. The first-order valence-corrected chi connectivity index (χ1v) is 29.1. The van der Waals surface area contributed by atoms with Gasteiger partial charge in [-0.3, -0.25) is 9.36 Å². The number of aliphatic hydroxyl groups is 1. The number of phosphoric acid groups is 1. The van der Waals surface area contributed by atoms with E-state index in [-0.39, 0.29) is 18.9 Å². The second kappa shape index (κ2) is 49.4. The Bertz CT molecular complexity index is 1420. The molecule has 1 amide bonds. The molecule has 0 radical (unpaired) electrons. The van der Waals surface area contributed by atoms with Crippen LogP contribution in [-0.2, 0) is 18.4 Å². The van der Waals surface area contributed by atoms with Crippen LogP contribution in [0, 0.1) is 0 Å². The summed E-state index contributed by atoms with van der Waals surface area (Å²) in [6.07, 6.45) is 70.5. The lowest BCUT2D eigenvalue weighted by molar-refractivity contribution is -0.870. The Balaban J connectivity index is 4.39. The van der Waals surface area contributed by atoms with E-state index in [9.17, 15) is 19.4 Å². The van der Waals surface area contributed by atoms with E-state index in [0.717, 1.165) is 70.6 Å². The van der Waals surface area contributed by atoms with Gasteiger partial charge < -0.3 is 28.8 Å². The molecular weight excluding hydrogens is 864 g/mol. The second-order valence-electron chi connectivity index (χ2n) is 19.6. The summed E-state index contributed by atoms with van der Waals surface area (Å²) in [6.45, 7) is 4.49. The third kappa shape index (κ3) is 51.3. The van der Waals surface area contributed by atoms with E-state index in [1.54, 1.807) is 6.08 Å². The van der Waals surface area contributed by atoms with Crippen LogP contribution in [0.3, 0.4) is 0 Å². The van der Waals surface area contributed by atoms with Crippen molar-refractivity contribution in [1.82, 2.24) is 5.32 Å². The van der Waals surface area contributed by atoms with E-state index < -0.39 is 26.6 Å². The summed E-state index contributed by atoms with van der Waals surface area (Å²) in [7, 11) is 1.21. The summed E-state index contributed by atoms with van der Waals surface area (Å²) >= 11 is 0. The molecule has 0 fully saturated rings. The van der Waals surface area contributed by atoms with Crippen molar-refractivity contribution in [3.8, 4) is 0 Å². The third-order valence-electron chi connectivity index (χ3n) is 11.8. The highest BCUT2D eigenvalue weighted by atomic mass is 31.2. The molecule has 0 aromatic carbocycles. The average Bonchev–Trinajstić information content (AvgIpc) is 3.30. The quantitative estimate of drug-likeness (QED) is 0.0272. The normalized spacial score (nSPS) is 14.8. The number of allylic oxidation sites excluding steroid dienone is 15. The summed E-state index contributed by atoms with van der Waals surface area (Å²) in [5.41, 5.74) is 0. The molecule has 8 nitrogen and oxygen atoms in total. The van der Waals surface area contributed by atoms with Gasteiger partial charge in [0, 0.05) is 6.42 Å². The molecule has 0 aliphatic rings. The standard InChI is InChI=1S/C59H105N2O6P/c1-6-8-10-12-14-16-18-20-22-24-26-28-30-32-34-36-38-40-42-44-46-48-50-52-58(62)57(56-67-68(64,65)66-55-54-61(3,4)5)60-59(63)53-51-49-47-45-43-41-39-37-35-33-31-29-27-25-23-21-19-17-15-13-11-9-7-2/h9,11,15,17,21,23,27,29,33,35,39,41,45,47,50,52,57-58,62H,6-8,10,12-14,16,18-20,22,24-26,28,30-32,34,36-38,40,42-44,46,48-49,51,53-56H2,1-5H3,(H-,60,63,64,65)/b11-9-,17-15-,23-21-,29-27-,35-33-,41-39-,47-45-,52-50+. The van der Waals surface area contributed by atoms with Gasteiger partial charge in [-0.05, 0) is 70.6 Å². The molecule has 0 heterocycles. The van der Waals surface area contributed by atoms with Crippen molar-refractivity contribution in [2.45, 2.75) is 231 Å². The van der Waals surface area contributed by atoms with Crippen molar-refractivity contribution in [2.75, 3.05) is 40.9 Å². The van der Waals surface area contributed by atoms with Gasteiger partial charge in [-0.25, -0.2) is 0 Å². The van der Waals surface area contributed by atoms with Crippen molar-refractivity contribution in [2.24, 2.45) is 0 Å². The molecule has 68 heavy (non-hydrogen) atoms. The minimum atomic E-state index is -4.62. The number of amides is 1. The summed E-state index contributed by atoms with van der Waals surface area (Å²) in [4.78, 5) is 25.4. The molecule has 0 aromatic heterocycles. The molecule has 0 spiro atoms. The minimum absolute atomic E-state index is 0.0170. The number of quaternary nitrogens is 1. The average molecular weight is 969 g/mol. The van der Waals surface area contributed by atoms with Crippen LogP contribution in [0.5, 0.6) is 0 Å². The molecule has 0 aliphatic carbocycles. The van der Waals surface area contributed by atoms with Crippen molar-refractivity contribution >= 4 is 13.7 Å². The first kappa shape index (κ1) is 65.4. The van der Waals surface area contributed by atoms with E-state index in [4.69, 9.17) is 9.05 Å². The van der Waals surface area contributed by atoms with Crippen molar-refractivity contribution < 1.29 is 32.9 Å². The van der Waals surface area contributed by atoms with Crippen LogP contribution in [0.25, 0.3) is 0 Å². The van der Waals surface area contributed by atoms with Gasteiger partial charge >= 0.3 is 0 Å². The van der Waals surface area contributed by atoms with Crippen LogP contribution < -0.4 is 10.2 Å². The van der Waals surface area contributed by atoms with Gasteiger partial charge in [0.25, 0.3) is 7.82 Å². The number of unbranched alkanes of at least 4 members (excludes halogenated alkanes) is 22. The van der Waals surface area contributed by atoms with Crippen molar-refractivity contribution in [3.05, 3.63) is 97.2 Å². The molecule has 0 aromatic rings. The molecule has 0 bridgehead atoms. The third-order valence-corrected chi connectivity index (χ3v) is 12.8. The largest absolute Gasteiger partial charge is 0.756 e. The van der Waals surface area contributed by atoms with Gasteiger partial charge in [-0.2, -0.15) is 0 Å². The fraction of sp³-hybridized carbons (Fsp3) is 0.712. The van der Waals surface area contributed by atoms with E-state index in [1.807, 2.05) is 27.2 Å². The van der Waals surface area contributed by atoms with E-state index in [2.05, 4.69) is 104 Å². The van der Waals surface area contributed by atoms with Gasteiger partial charge in [-0.15, -0.1) is 0 Å². The van der Waals surface area contributed by atoms with Gasteiger partial charge in [0.05, 0.1) is 39.9 Å². The summed E-state index contributed by atoms with van der Waals surface area (Å²) in [5.74, 6) is -0.257.